The molecule has 0 aromatic heterocycles. The molecule has 35 heavy (non-hydrogen) atoms. The van der Waals surface area contributed by atoms with Crippen molar-refractivity contribution in [2.45, 2.75) is 25.6 Å². The first-order chi connectivity index (χ1) is 17.2. The van der Waals surface area contributed by atoms with Gasteiger partial charge in [-0.05, 0) is 59.7 Å². The van der Waals surface area contributed by atoms with Gasteiger partial charge in [0, 0.05) is 23.4 Å². The summed E-state index contributed by atoms with van der Waals surface area (Å²) in [5.74, 6) is 1.40. The average molecular weight is 470 g/mol. The van der Waals surface area contributed by atoms with Crippen molar-refractivity contribution in [2.24, 2.45) is 5.92 Å². The lowest BCUT2D eigenvalue weighted by molar-refractivity contribution is -0.0496. The highest BCUT2D eigenvalue weighted by molar-refractivity contribution is 5.86. The minimum Gasteiger partial charge on any atom is -0.480 e. The number of benzene rings is 4. The molecule has 1 heterocycles. The average Bonchev–Trinajstić information content (AvgIpc) is 3.72. The van der Waals surface area contributed by atoms with Crippen LogP contribution in [0.25, 0.3) is 22.3 Å². The molecular formula is C30H25F2NO2. The Kier molecular flexibility index (Phi) is 5.61. The van der Waals surface area contributed by atoms with E-state index in [0.29, 0.717) is 11.3 Å². The number of anilines is 1. The highest BCUT2D eigenvalue weighted by atomic mass is 19.3. The van der Waals surface area contributed by atoms with E-state index in [0.717, 1.165) is 46.0 Å². The van der Waals surface area contributed by atoms with Crippen molar-refractivity contribution in [3.63, 3.8) is 0 Å². The molecule has 6 rings (SSSR count). The Balaban J connectivity index is 1.49. The Labute approximate surface area is 203 Å². The van der Waals surface area contributed by atoms with E-state index in [-0.39, 0.29) is 11.9 Å². The molecule has 4 aromatic carbocycles. The molecule has 3 nitrogen and oxygen atoms in total. The number of alkyl halides is 2. The Bertz CT molecular complexity index is 1350. The lowest BCUT2D eigenvalue weighted by Gasteiger charge is -2.31. The molecule has 0 amide bonds. The summed E-state index contributed by atoms with van der Waals surface area (Å²) >= 11 is 0. The maximum absolute atomic E-state index is 13.2. The minimum atomic E-state index is -2.92. The number of ether oxygens (including phenoxy) is 2. The Morgan fingerprint density at radius 2 is 1.66 bits per heavy atom. The van der Waals surface area contributed by atoms with E-state index in [2.05, 4.69) is 23.5 Å². The third-order valence-corrected chi connectivity index (χ3v) is 6.67. The van der Waals surface area contributed by atoms with Crippen molar-refractivity contribution in [3.8, 4) is 33.8 Å². The fraction of sp³-hybridized carbons (Fsp3) is 0.200. The molecule has 1 saturated carbocycles. The lowest BCUT2D eigenvalue weighted by atomic mass is 9.86. The molecule has 0 saturated heterocycles. The second-order valence-corrected chi connectivity index (χ2v) is 9.09. The van der Waals surface area contributed by atoms with Crippen LogP contribution in [0.4, 0.5) is 14.5 Å². The Hall–Kier alpha value is -3.86. The molecule has 5 heteroatoms. The summed E-state index contributed by atoms with van der Waals surface area (Å²) in [4.78, 5) is 0. The zero-order valence-electron chi connectivity index (χ0n) is 19.1. The van der Waals surface area contributed by atoms with Crippen LogP contribution in [0.2, 0.25) is 0 Å². The van der Waals surface area contributed by atoms with E-state index in [1.165, 1.54) is 12.8 Å². The second-order valence-electron chi connectivity index (χ2n) is 9.09. The van der Waals surface area contributed by atoms with Crippen LogP contribution in [0.1, 0.15) is 30.1 Å². The van der Waals surface area contributed by atoms with Gasteiger partial charge in [-0.1, -0.05) is 66.7 Å². The van der Waals surface area contributed by atoms with Crippen molar-refractivity contribution in [2.75, 3.05) is 11.9 Å². The SMILES string of the molecule is FC(F)Oc1cccc2c1-c1ccc(-c3ccccc3NCC3CC3)cc1C(c1ccccc1)O2. The number of fused-ring (bicyclic) bond motifs is 3. The fourth-order valence-electron chi connectivity index (χ4n) is 4.77. The highest BCUT2D eigenvalue weighted by Crippen LogP contribution is 2.50. The zero-order chi connectivity index (χ0) is 23.8. The molecule has 1 N–H and O–H groups in total. The highest BCUT2D eigenvalue weighted by Gasteiger charge is 2.31. The van der Waals surface area contributed by atoms with Gasteiger partial charge < -0.3 is 14.8 Å². The smallest absolute Gasteiger partial charge is 0.387 e. The maximum atomic E-state index is 13.2. The normalized spacial score (nSPS) is 16.3. The summed E-state index contributed by atoms with van der Waals surface area (Å²) in [6.45, 7) is -1.94. The van der Waals surface area contributed by atoms with Gasteiger partial charge in [-0.2, -0.15) is 8.78 Å². The number of hydrogen-bond acceptors (Lipinski definition) is 3. The Morgan fingerprint density at radius 1 is 0.857 bits per heavy atom. The molecule has 1 fully saturated rings. The summed E-state index contributed by atoms with van der Waals surface area (Å²) in [5.41, 5.74) is 6.55. The third-order valence-electron chi connectivity index (χ3n) is 6.67. The first-order valence-electron chi connectivity index (χ1n) is 11.9. The molecular weight excluding hydrogens is 444 g/mol. The van der Waals surface area contributed by atoms with Gasteiger partial charge >= 0.3 is 6.61 Å². The maximum Gasteiger partial charge on any atom is 0.387 e. The first kappa shape index (κ1) is 21.7. The standard InChI is InChI=1S/C30H25F2NO2/c31-30(32)35-27-12-6-11-26-28(27)23-16-15-21(17-24(23)29(34-26)20-7-2-1-3-8-20)22-9-4-5-10-25(22)33-18-19-13-14-19/h1-12,15-17,19,29-30,33H,13-14,18H2. The van der Waals surface area contributed by atoms with Crippen LogP contribution in [0, 0.1) is 5.92 Å². The van der Waals surface area contributed by atoms with Gasteiger partial charge in [0.2, 0.25) is 0 Å². The largest absolute Gasteiger partial charge is 0.480 e. The number of halogens is 2. The van der Waals surface area contributed by atoms with Crippen LogP contribution in [0.15, 0.2) is 91.0 Å². The van der Waals surface area contributed by atoms with Gasteiger partial charge in [0.25, 0.3) is 0 Å². The van der Waals surface area contributed by atoms with Crippen molar-refractivity contribution in [3.05, 3.63) is 102 Å². The zero-order valence-corrected chi connectivity index (χ0v) is 19.1. The number of para-hydroxylation sites is 1. The first-order valence-corrected chi connectivity index (χ1v) is 11.9. The Morgan fingerprint density at radius 3 is 2.46 bits per heavy atom. The molecule has 0 spiro atoms. The van der Waals surface area contributed by atoms with E-state index in [9.17, 15) is 8.78 Å². The topological polar surface area (TPSA) is 30.5 Å². The third kappa shape index (κ3) is 4.34. The van der Waals surface area contributed by atoms with Crippen LogP contribution in [0.3, 0.4) is 0 Å². The molecule has 1 atom stereocenters. The predicted molar refractivity (Wildman–Crippen MR) is 134 cm³/mol. The van der Waals surface area contributed by atoms with Gasteiger partial charge in [-0.3, -0.25) is 0 Å². The molecule has 1 aliphatic carbocycles. The van der Waals surface area contributed by atoms with Gasteiger partial charge in [-0.15, -0.1) is 0 Å². The van der Waals surface area contributed by atoms with Crippen molar-refractivity contribution >= 4 is 5.69 Å². The summed E-state index contributed by atoms with van der Waals surface area (Å²) in [7, 11) is 0. The second kappa shape index (κ2) is 9.06. The van der Waals surface area contributed by atoms with Crippen LogP contribution < -0.4 is 14.8 Å². The number of nitrogens with one attached hydrogen (secondary N) is 1. The van der Waals surface area contributed by atoms with Crippen LogP contribution in [0.5, 0.6) is 11.5 Å². The monoisotopic (exact) mass is 469 g/mol. The number of rotatable bonds is 7. The minimum absolute atomic E-state index is 0.115. The molecule has 0 radical (unpaired) electrons. The van der Waals surface area contributed by atoms with Gasteiger partial charge in [0.15, 0.2) is 0 Å². The fourth-order valence-corrected chi connectivity index (χ4v) is 4.77. The van der Waals surface area contributed by atoms with Crippen LogP contribution >= 0.6 is 0 Å². The predicted octanol–water partition coefficient (Wildman–Crippen LogP) is 7.93. The lowest BCUT2D eigenvalue weighted by Crippen LogP contribution is -2.16. The van der Waals surface area contributed by atoms with E-state index >= 15 is 0 Å². The van der Waals surface area contributed by atoms with Crippen LogP contribution in [-0.4, -0.2) is 13.2 Å². The van der Waals surface area contributed by atoms with E-state index in [1.807, 2.05) is 54.6 Å². The molecule has 176 valence electrons. The van der Waals surface area contributed by atoms with Gasteiger partial charge in [0.1, 0.15) is 17.6 Å². The van der Waals surface area contributed by atoms with E-state index < -0.39 is 6.61 Å². The molecule has 1 unspecified atom stereocenters. The van der Waals surface area contributed by atoms with Gasteiger partial charge in [-0.25, -0.2) is 0 Å². The molecule has 2 aliphatic rings. The molecule has 0 bridgehead atoms. The summed E-state index contributed by atoms with van der Waals surface area (Å²) in [5, 5.41) is 3.61. The van der Waals surface area contributed by atoms with Crippen molar-refractivity contribution in [1.82, 2.24) is 0 Å². The molecule has 4 aromatic rings. The summed E-state index contributed by atoms with van der Waals surface area (Å²) in [6, 6.07) is 29.5. The van der Waals surface area contributed by atoms with E-state index in [4.69, 9.17) is 9.47 Å². The van der Waals surface area contributed by atoms with Crippen molar-refractivity contribution < 1.29 is 18.3 Å². The number of hydrogen-bond donors (Lipinski definition) is 1. The quantitative estimate of drug-likeness (QED) is 0.298. The molecule has 1 aliphatic heterocycles. The van der Waals surface area contributed by atoms with Gasteiger partial charge in [0.05, 0.1) is 5.56 Å². The summed E-state index contributed by atoms with van der Waals surface area (Å²) < 4.78 is 37.7. The van der Waals surface area contributed by atoms with Crippen molar-refractivity contribution in [1.29, 1.82) is 0 Å². The van der Waals surface area contributed by atoms with E-state index in [1.54, 1.807) is 18.2 Å². The summed E-state index contributed by atoms with van der Waals surface area (Å²) in [6.07, 6.45) is 2.20. The van der Waals surface area contributed by atoms with Crippen LogP contribution in [-0.2, 0) is 0 Å².